The third-order valence-electron chi connectivity index (χ3n) is 3.15. The number of aliphatic hydroxyl groups excluding tert-OH is 1. The third-order valence-corrected chi connectivity index (χ3v) is 3.15. The van der Waals surface area contributed by atoms with E-state index in [4.69, 9.17) is 5.26 Å². The maximum atomic E-state index is 11.7. The number of hydrogen-bond acceptors (Lipinski definition) is 4. The van der Waals surface area contributed by atoms with Gasteiger partial charge in [0.2, 0.25) is 5.91 Å². The van der Waals surface area contributed by atoms with Crippen molar-refractivity contribution < 1.29 is 9.90 Å². The molecule has 94 valence electrons. The van der Waals surface area contributed by atoms with Crippen LogP contribution in [0.4, 0.5) is 5.69 Å². The van der Waals surface area contributed by atoms with Crippen LogP contribution in [-0.2, 0) is 4.79 Å². The van der Waals surface area contributed by atoms with Crippen LogP contribution < -0.4 is 10.2 Å². The summed E-state index contributed by atoms with van der Waals surface area (Å²) in [6.07, 6.45) is 0. The summed E-state index contributed by atoms with van der Waals surface area (Å²) < 4.78 is 0. The zero-order valence-corrected chi connectivity index (χ0v) is 10.1. The first-order valence-corrected chi connectivity index (χ1v) is 5.84. The molecular formula is C13H15N3O2. The average molecular weight is 245 g/mol. The minimum absolute atomic E-state index is 0.104. The highest BCUT2D eigenvalue weighted by molar-refractivity contribution is 5.87. The Morgan fingerprint density at radius 2 is 2.17 bits per heavy atom. The Kier molecular flexibility index (Phi) is 3.49. The van der Waals surface area contributed by atoms with Gasteiger partial charge in [-0.3, -0.25) is 4.79 Å². The van der Waals surface area contributed by atoms with Crippen LogP contribution in [0.5, 0.6) is 0 Å². The van der Waals surface area contributed by atoms with Crippen LogP contribution in [0.3, 0.4) is 0 Å². The number of piperazine rings is 1. The van der Waals surface area contributed by atoms with E-state index in [0.29, 0.717) is 12.1 Å². The number of nitrogens with zero attached hydrogens (tertiary/aromatic N) is 2. The molecule has 0 radical (unpaired) electrons. The predicted octanol–water partition coefficient (Wildman–Crippen LogP) is 0.244. The lowest BCUT2D eigenvalue weighted by Gasteiger charge is -2.40. The molecule has 2 unspecified atom stereocenters. The first-order valence-electron chi connectivity index (χ1n) is 5.84. The molecule has 18 heavy (non-hydrogen) atoms. The van der Waals surface area contributed by atoms with Crippen molar-refractivity contribution in [3.63, 3.8) is 0 Å². The molecule has 1 saturated heterocycles. The number of nitrogens with one attached hydrogen (secondary N) is 1. The van der Waals surface area contributed by atoms with E-state index in [2.05, 4.69) is 11.4 Å². The van der Waals surface area contributed by atoms with Gasteiger partial charge in [0.1, 0.15) is 6.04 Å². The van der Waals surface area contributed by atoms with E-state index in [9.17, 15) is 9.90 Å². The fourth-order valence-corrected chi connectivity index (χ4v) is 2.21. The van der Waals surface area contributed by atoms with Crippen molar-refractivity contribution in [3.05, 3.63) is 29.8 Å². The van der Waals surface area contributed by atoms with E-state index in [-0.39, 0.29) is 18.6 Å². The molecule has 0 saturated carbocycles. The molecular weight excluding hydrogens is 230 g/mol. The summed E-state index contributed by atoms with van der Waals surface area (Å²) in [5, 5.41) is 20.9. The van der Waals surface area contributed by atoms with Crippen molar-refractivity contribution in [2.75, 3.05) is 18.1 Å². The molecule has 5 nitrogen and oxygen atoms in total. The number of benzene rings is 1. The highest BCUT2D eigenvalue weighted by Crippen LogP contribution is 2.22. The summed E-state index contributed by atoms with van der Waals surface area (Å²) in [6.45, 7) is 2.31. The van der Waals surface area contributed by atoms with Crippen molar-refractivity contribution in [3.8, 4) is 6.07 Å². The smallest absolute Gasteiger partial charge is 0.245 e. The molecule has 1 aliphatic rings. The van der Waals surface area contributed by atoms with Gasteiger partial charge in [-0.2, -0.15) is 5.26 Å². The van der Waals surface area contributed by atoms with Gasteiger partial charge < -0.3 is 15.3 Å². The minimum Gasteiger partial charge on any atom is -0.394 e. The highest BCUT2D eigenvalue weighted by Gasteiger charge is 2.33. The summed E-state index contributed by atoms with van der Waals surface area (Å²) in [5.41, 5.74) is 1.42. The standard InChI is InChI=1S/C13H15N3O2/c1-9-7-15-13(18)12(8-17)16(9)11-4-2-10(6-14)3-5-11/h2-5,9,12,17H,7-8H2,1H3,(H,15,18). The van der Waals surface area contributed by atoms with Gasteiger partial charge in [0.15, 0.2) is 0 Å². The van der Waals surface area contributed by atoms with E-state index in [1.807, 2.05) is 11.8 Å². The third kappa shape index (κ3) is 2.15. The lowest BCUT2D eigenvalue weighted by Crippen LogP contribution is -2.61. The highest BCUT2D eigenvalue weighted by atomic mass is 16.3. The van der Waals surface area contributed by atoms with E-state index in [1.54, 1.807) is 24.3 Å². The van der Waals surface area contributed by atoms with E-state index in [1.165, 1.54) is 0 Å². The van der Waals surface area contributed by atoms with Gasteiger partial charge in [-0.25, -0.2) is 0 Å². The van der Waals surface area contributed by atoms with Gasteiger partial charge in [0, 0.05) is 18.3 Å². The molecule has 2 rings (SSSR count). The maximum Gasteiger partial charge on any atom is 0.245 e. The molecule has 0 aliphatic carbocycles. The molecule has 1 fully saturated rings. The van der Waals surface area contributed by atoms with Crippen molar-refractivity contribution in [1.82, 2.24) is 5.32 Å². The molecule has 0 aromatic heterocycles. The largest absolute Gasteiger partial charge is 0.394 e. The molecule has 1 aromatic carbocycles. The van der Waals surface area contributed by atoms with Gasteiger partial charge >= 0.3 is 0 Å². The molecule has 1 aliphatic heterocycles. The molecule has 2 N–H and O–H groups in total. The predicted molar refractivity (Wildman–Crippen MR) is 67.0 cm³/mol. The molecule has 2 atom stereocenters. The summed E-state index contributed by atoms with van der Waals surface area (Å²) in [6, 6.07) is 8.62. The summed E-state index contributed by atoms with van der Waals surface area (Å²) in [5.74, 6) is -0.167. The van der Waals surface area contributed by atoms with Crippen LogP contribution in [0.2, 0.25) is 0 Å². The normalized spacial score (nSPS) is 23.4. The number of anilines is 1. The first-order chi connectivity index (χ1) is 8.67. The number of rotatable bonds is 2. The Bertz CT molecular complexity index is 478. The molecule has 0 spiro atoms. The van der Waals surface area contributed by atoms with E-state index in [0.717, 1.165) is 5.69 Å². The van der Waals surface area contributed by atoms with Crippen LogP contribution in [0.15, 0.2) is 24.3 Å². The van der Waals surface area contributed by atoms with Crippen molar-refractivity contribution >= 4 is 11.6 Å². The minimum atomic E-state index is -0.568. The molecule has 1 aromatic rings. The van der Waals surface area contributed by atoms with Gasteiger partial charge in [-0.05, 0) is 31.2 Å². The van der Waals surface area contributed by atoms with Crippen LogP contribution in [-0.4, -0.2) is 36.2 Å². The van der Waals surface area contributed by atoms with Crippen LogP contribution >= 0.6 is 0 Å². The SMILES string of the molecule is CC1CNC(=O)C(CO)N1c1ccc(C#N)cc1. The number of amides is 1. The second-order valence-electron chi connectivity index (χ2n) is 4.36. The molecule has 1 heterocycles. The number of carbonyl (C=O) groups is 1. The Hall–Kier alpha value is -2.06. The Labute approximate surface area is 106 Å². The average Bonchev–Trinajstić information content (AvgIpc) is 2.41. The van der Waals surface area contributed by atoms with Crippen molar-refractivity contribution in [2.24, 2.45) is 0 Å². The number of aliphatic hydroxyl groups is 1. The van der Waals surface area contributed by atoms with Gasteiger partial charge in [0.25, 0.3) is 0 Å². The second kappa shape index (κ2) is 5.07. The fourth-order valence-electron chi connectivity index (χ4n) is 2.21. The summed E-state index contributed by atoms with van der Waals surface area (Å²) >= 11 is 0. The van der Waals surface area contributed by atoms with Crippen LogP contribution in [0.25, 0.3) is 0 Å². The van der Waals surface area contributed by atoms with Crippen LogP contribution in [0.1, 0.15) is 12.5 Å². The Morgan fingerprint density at radius 1 is 1.50 bits per heavy atom. The summed E-state index contributed by atoms with van der Waals surface area (Å²) in [4.78, 5) is 13.6. The second-order valence-corrected chi connectivity index (χ2v) is 4.36. The zero-order valence-electron chi connectivity index (χ0n) is 10.1. The monoisotopic (exact) mass is 245 g/mol. The lowest BCUT2D eigenvalue weighted by atomic mass is 10.1. The number of hydrogen-bond donors (Lipinski definition) is 2. The quantitative estimate of drug-likeness (QED) is 0.782. The lowest BCUT2D eigenvalue weighted by molar-refractivity contribution is -0.124. The van der Waals surface area contributed by atoms with Crippen LogP contribution in [0, 0.1) is 11.3 Å². The zero-order chi connectivity index (χ0) is 13.1. The van der Waals surface area contributed by atoms with Crippen molar-refractivity contribution in [1.29, 1.82) is 5.26 Å². The first kappa shape index (κ1) is 12.4. The number of nitriles is 1. The molecule has 0 bridgehead atoms. The number of carbonyl (C=O) groups excluding carboxylic acids is 1. The van der Waals surface area contributed by atoms with Gasteiger partial charge in [0.05, 0.1) is 18.2 Å². The molecule has 1 amide bonds. The van der Waals surface area contributed by atoms with E-state index < -0.39 is 6.04 Å². The fraction of sp³-hybridized carbons (Fsp3) is 0.385. The van der Waals surface area contributed by atoms with Gasteiger partial charge in [-0.15, -0.1) is 0 Å². The van der Waals surface area contributed by atoms with Crippen molar-refractivity contribution in [2.45, 2.75) is 19.0 Å². The topological polar surface area (TPSA) is 76.4 Å². The Morgan fingerprint density at radius 3 is 2.72 bits per heavy atom. The van der Waals surface area contributed by atoms with E-state index >= 15 is 0 Å². The molecule has 5 heteroatoms. The summed E-state index contributed by atoms with van der Waals surface area (Å²) in [7, 11) is 0. The maximum absolute atomic E-state index is 11.7. The Balaban J connectivity index is 2.32. The van der Waals surface area contributed by atoms with Gasteiger partial charge in [-0.1, -0.05) is 0 Å².